The molecule has 0 radical (unpaired) electrons. The van der Waals surface area contributed by atoms with Gasteiger partial charge in [-0.05, 0) is 42.7 Å². The normalized spacial score (nSPS) is 18.8. The lowest BCUT2D eigenvalue weighted by atomic mass is 9.95. The second kappa shape index (κ2) is 9.17. The van der Waals surface area contributed by atoms with Gasteiger partial charge in [0.2, 0.25) is 5.91 Å². The van der Waals surface area contributed by atoms with Gasteiger partial charge in [0.25, 0.3) is 5.91 Å². The number of hydrogen-bond acceptors (Lipinski definition) is 6. The van der Waals surface area contributed by atoms with Crippen molar-refractivity contribution in [1.82, 2.24) is 15.4 Å². The zero-order valence-electron chi connectivity index (χ0n) is 18.1. The van der Waals surface area contributed by atoms with Crippen molar-refractivity contribution in [2.45, 2.75) is 25.4 Å². The smallest absolute Gasteiger partial charge is 0.274 e. The fourth-order valence-electron chi connectivity index (χ4n) is 4.56. The molecule has 170 valence electrons. The summed E-state index contributed by atoms with van der Waals surface area (Å²) >= 11 is 0. The Labute approximate surface area is 191 Å². The van der Waals surface area contributed by atoms with Crippen LogP contribution in [0.3, 0.4) is 0 Å². The third-order valence-electron chi connectivity index (χ3n) is 6.41. The standard InChI is InChI=1S/C25H25N3O5/c29-24(27-31)19-5-6-20-14-28(25(30)17-7-10-32-11-8-17)22(15-33-23(20)13-19)18-4-3-16-2-1-9-26-21(16)12-18/h1-6,9,12-13,17,22,31H,7-8,10-11,14-15H2,(H,27,29)/t22-/m0/s1. The van der Waals surface area contributed by atoms with Crippen LogP contribution in [0, 0.1) is 5.92 Å². The zero-order valence-corrected chi connectivity index (χ0v) is 18.1. The maximum Gasteiger partial charge on any atom is 0.274 e. The van der Waals surface area contributed by atoms with Crippen molar-refractivity contribution in [3.05, 3.63) is 71.4 Å². The number of hydroxylamine groups is 1. The molecule has 8 nitrogen and oxygen atoms in total. The Morgan fingerprint density at radius 2 is 1.94 bits per heavy atom. The Morgan fingerprint density at radius 1 is 1.09 bits per heavy atom. The molecule has 2 aromatic carbocycles. The Hall–Kier alpha value is -3.49. The van der Waals surface area contributed by atoms with Gasteiger partial charge in [-0.25, -0.2) is 5.48 Å². The summed E-state index contributed by atoms with van der Waals surface area (Å²) < 4.78 is 11.6. The molecule has 0 aliphatic carbocycles. The van der Waals surface area contributed by atoms with E-state index in [0.29, 0.717) is 38.3 Å². The highest BCUT2D eigenvalue weighted by molar-refractivity contribution is 5.94. The van der Waals surface area contributed by atoms with Crippen LogP contribution in [0.4, 0.5) is 0 Å². The van der Waals surface area contributed by atoms with E-state index in [1.54, 1.807) is 29.9 Å². The van der Waals surface area contributed by atoms with Crippen LogP contribution >= 0.6 is 0 Å². The molecule has 1 saturated heterocycles. The summed E-state index contributed by atoms with van der Waals surface area (Å²) in [6.07, 6.45) is 3.15. The van der Waals surface area contributed by atoms with E-state index in [1.165, 1.54) is 0 Å². The molecule has 2 aliphatic heterocycles. The minimum atomic E-state index is -0.613. The van der Waals surface area contributed by atoms with E-state index >= 15 is 0 Å². The number of carbonyl (C=O) groups excluding carboxylic acids is 2. The zero-order chi connectivity index (χ0) is 22.8. The number of nitrogens with one attached hydrogen (secondary N) is 1. The first-order valence-corrected chi connectivity index (χ1v) is 11.1. The summed E-state index contributed by atoms with van der Waals surface area (Å²) in [6.45, 7) is 1.77. The van der Waals surface area contributed by atoms with E-state index < -0.39 is 5.91 Å². The SMILES string of the molecule is O=C(NO)c1ccc2c(c1)OC[C@@H](c1ccc3cccnc3c1)N(C(=O)C1CCOCC1)C2. The number of hydrogen-bond donors (Lipinski definition) is 2. The molecule has 33 heavy (non-hydrogen) atoms. The van der Waals surface area contributed by atoms with Crippen molar-refractivity contribution >= 4 is 22.7 Å². The van der Waals surface area contributed by atoms with Crippen LogP contribution in [0.15, 0.2) is 54.7 Å². The maximum absolute atomic E-state index is 13.7. The van der Waals surface area contributed by atoms with Crippen molar-refractivity contribution in [3.63, 3.8) is 0 Å². The van der Waals surface area contributed by atoms with E-state index in [9.17, 15) is 9.59 Å². The molecule has 1 fully saturated rings. The molecule has 0 spiro atoms. The van der Waals surface area contributed by atoms with Crippen LogP contribution in [0.2, 0.25) is 0 Å². The van der Waals surface area contributed by atoms with Gasteiger partial charge in [0, 0.05) is 41.8 Å². The quantitative estimate of drug-likeness (QED) is 0.472. The Morgan fingerprint density at radius 3 is 2.76 bits per heavy atom. The lowest BCUT2D eigenvalue weighted by Crippen LogP contribution is -2.41. The first-order valence-electron chi connectivity index (χ1n) is 11.1. The van der Waals surface area contributed by atoms with E-state index in [4.69, 9.17) is 14.7 Å². The number of amides is 2. The van der Waals surface area contributed by atoms with Crippen molar-refractivity contribution in [3.8, 4) is 5.75 Å². The number of pyridine rings is 1. The van der Waals surface area contributed by atoms with E-state index in [1.807, 2.05) is 35.2 Å². The number of ether oxygens (including phenoxy) is 2. The molecule has 1 aromatic heterocycles. The molecule has 1 atom stereocenters. The van der Waals surface area contributed by atoms with Gasteiger partial charge in [-0.1, -0.05) is 24.3 Å². The van der Waals surface area contributed by atoms with Crippen LogP contribution in [-0.4, -0.2) is 46.7 Å². The van der Waals surface area contributed by atoms with Gasteiger partial charge in [-0.2, -0.15) is 0 Å². The molecule has 0 saturated carbocycles. The summed E-state index contributed by atoms with van der Waals surface area (Å²) in [5, 5.41) is 10.0. The molecule has 2 amide bonds. The summed E-state index contributed by atoms with van der Waals surface area (Å²) in [7, 11) is 0. The highest BCUT2D eigenvalue weighted by Crippen LogP contribution is 2.35. The molecule has 0 unspecified atom stereocenters. The fraction of sp³-hybridized carbons (Fsp3) is 0.320. The van der Waals surface area contributed by atoms with Gasteiger partial charge in [-0.15, -0.1) is 0 Å². The average molecular weight is 447 g/mol. The number of rotatable bonds is 3. The first-order chi connectivity index (χ1) is 16.1. The molecule has 3 aromatic rings. The molecular weight excluding hydrogens is 422 g/mol. The third kappa shape index (κ3) is 4.27. The fourth-order valence-corrected chi connectivity index (χ4v) is 4.56. The Kier molecular flexibility index (Phi) is 5.93. The Balaban J connectivity index is 1.53. The van der Waals surface area contributed by atoms with E-state index in [0.717, 1.165) is 22.0 Å². The van der Waals surface area contributed by atoms with Gasteiger partial charge >= 0.3 is 0 Å². The Bertz CT molecular complexity index is 1190. The number of fused-ring (bicyclic) bond motifs is 2. The van der Waals surface area contributed by atoms with Crippen molar-refractivity contribution in [1.29, 1.82) is 0 Å². The van der Waals surface area contributed by atoms with Crippen LogP contribution in [0.25, 0.3) is 10.9 Å². The molecule has 5 rings (SSSR count). The minimum absolute atomic E-state index is 0.0815. The number of carbonyl (C=O) groups is 2. The molecular formula is C25H25N3O5. The predicted octanol–water partition coefficient (Wildman–Crippen LogP) is 3.24. The maximum atomic E-state index is 13.7. The monoisotopic (exact) mass is 447 g/mol. The summed E-state index contributed by atoms with van der Waals surface area (Å²) in [5.41, 5.74) is 4.55. The van der Waals surface area contributed by atoms with Crippen molar-refractivity contribution in [2.75, 3.05) is 19.8 Å². The predicted molar refractivity (Wildman–Crippen MR) is 120 cm³/mol. The van der Waals surface area contributed by atoms with Crippen LogP contribution in [-0.2, 0) is 16.1 Å². The minimum Gasteiger partial charge on any atom is -0.491 e. The van der Waals surface area contributed by atoms with Gasteiger partial charge in [0.15, 0.2) is 0 Å². The highest BCUT2D eigenvalue weighted by Gasteiger charge is 2.35. The van der Waals surface area contributed by atoms with Crippen LogP contribution in [0.1, 0.15) is 40.4 Å². The largest absolute Gasteiger partial charge is 0.491 e. The van der Waals surface area contributed by atoms with Crippen molar-refractivity contribution in [2.24, 2.45) is 5.92 Å². The van der Waals surface area contributed by atoms with Crippen LogP contribution in [0.5, 0.6) is 5.75 Å². The first kappa shape index (κ1) is 21.4. The topological polar surface area (TPSA) is 101 Å². The van der Waals surface area contributed by atoms with Gasteiger partial charge in [0.1, 0.15) is 12.4 Å². The van der Waals surface area contributed by atoms with Gasteiger partial charge in [0.05, 0.1) is 18.1 Å². The average Bonchev–Trinajstić information content (AvgIpc) is 3.07. The van der Waals surface area contributed by atoms with E-state index in [2.05, 4.69) is 4.98 Å². The number of benzene rings is 2. The van der Waals surface area contributed by atoms with E-state index in [-0.39, 0.29) is 30.0 Å². The number of aromatic nitrogens is 1. The van der Waals surface area contributed by atoms with Gasteiger partial charge in [-0.3, -0.25) is 19.8 Å². The highest BCUT2D eigenvalue weighted by atomic mass is 16.5. The second-order valence-electron chi connectivity index (χ2n) is 8.40. The molecule has 2 N–H and O–H groups in total. The lowest BCUT2D eigenvalue weighted by molar-refractivity contribution is -0.142. The summed E-state index contributed by atoms with van der Waals surface area (Å²) in [5.74, 6) is -0.0981. The second-order valence-corrected chi connectivity index (χ2v) is 8.40. The van der Waals surface area contributed by atoms with Crippen LogP contribution < -0.4 is 10.2 Å². The molecule has 0 bridgehead atoms. The summed E-state index contributed by atoms with van der Waals surface area (Å²) in [4.78, 5) is 31.9. The van der Waals surface area contributed by atoms with Gasteiger partial charge < -0.3 is 14.4 Å². The summed E-state index contributed by atoms with van der Waals surface area (Å²) in [6, 6.07) is 14.6. The number of nitrogens with zero attached hydrogens (tertiary/aromatic N) is 2. The molecule has 8 heteroatoms. The third-order valence-corrected chi connectivity index (χ3v) is 6.41. The molecule has 3 heterocycles. The van der Waals surface area contributed by atoms with Crippen molar-refractivity contribution < 1.29 is 24.3 Å². The lowest BCUT2D eigenvalue weighted by Gasteiger charge is -2.34. The molecule has 2 aliphatic rings.